The number of hydrogen-bond acceptors (Lipinski definition) is 4. The van der Waals surface area contributed by atoms with Crippen LogP contribution >= 0.6 is 0 Å². The lowest BCUT2D eigenvalue weighted by atomic mass is 9.97. The van der Waals surface area contributed by atoms with Gasteiger partial charge in [0.25, 0.3) is 0 Å². The zero-order valence-electron chi connectivity index (χ0n) is 7.40. The molecule has 1 fully saturated rings. The fourth-order valence-corrected chi connectivity index (χ4v) is 1.64. The highest BCUT2D eigenvalue weighted by Crippen LogP contribution is 2.18. The summed E-state index contributed by atoms with van der Waals surface area (Å²) < 4.78 is 0. The normalized spacial score (nSPS) is 27.8. The van der Waals surface area contributed by atoms with E-state index < -0.39 is 5.60 Å². The summed E-state index contributed by atoms with van der Waals surface area (Å²) in [4.78, 5) is 8.10. The van der Waals surface area contributed by atoms with Crippen molar-refractivity contribution in [2.45, 2.75) is 18.4 Å². The quantitative estimate of drug-likeness (QED) is 0.657. The Morgan fingerprint density at radius 1 is 1.54 bits per heavy atom. The van der Waals surface area contributed by atoms with Gasteiger partial charge in [-0.05, 0) is 13.0 Å². The molecule has 0 amide bonds. The summed E-state index contributed by atoms with van der Waals surface area (Å²) in [7, 11) is 0. The second-order valence-electron chi connectivity index (χ2n) is 3.52. The van der Waals surface area contributed by atoms with Crippen LogP contribution in [-0.4, -0.2) is 33.8 Å². The summed E-state index contributed by atoms with van der Waals surface area (Å²) in [6, 6.07) is 0. The predicted octanol–water partition coefficient (Wildman–Crippen LogP) is -0.257. The van der Waals surface area contributed by atoms with Crippen LogP contribution in [0.5, 0.6) is 0 Å². The first-order chi connectivity index (χ1) is 6.29. The largest absolute Gasteiger partial charge is 0.388 e. The second kappa shape index (κ2) is 3.40. The minimum Gasteiger partial charge on any atom is -0.388 e. The highest BCUT2D eigenvalue weighted by Gasteiger charge is 2.31. The zero-order valence-corrected chi connectivity index (χ0v) is 7.40. The van der Waals surface area contributed by atoms with E-state index in [1.807, 2.05) is 0 Å². The van der Waals surface area contributed by atoms with Crippen molar-refractivity contribution in [3.63, 3.8) is 0 Å². The molecule has 1 aliphatic rings. The molecule has 0 saturated carbocycles. The molecule has 2 N–H and O–H groups in total. The van der Waals surface area contributed by atoms with Gasteiger partial charge >= 0.3 is 0 Å². The molecule has 0 radical (unpaired) electrons. The fourth-order valence-electron chi connectivity index (χ4n) is 1.64. The van der Waals surface area contributed by atoms with Gasteiger partial charge in [0, 0.05) is 31.6 Å². The number of aromatic nitrogens is 2. The van der Waals surface area contributed by atoms with E-state index >= 15 is 0 Å². The molecule has 2 heterocycles. The molecular weight excluding hydrogens is 166 g/mol. The average Bonchev–Trinajstić information content (AvgIpc) is 2.54. The Bertz CT molecular complexity index is 269. The van der Waals surface area contributed by atoms with E-state index in [1.165, 1.54) is 0 Å². The van der Waals surface area contributed by atoms with E-state index in [-0.39, 0.29) is 0 Å². The van der Waals surface area contributed by atoms with Gasteiger partial charge in [0.15, 0.2) is 0 Å². The third-order valence-corrected chi connectivity index (χ3v) is 2.35. The van der Waals surface area contributed by atoms with Crippen molar-refractivity contribution in [1.29, 1.82) is 0 Å². The lowest BCUT2D eigenvalue weighted by molar-refractivity contribution is 0.0608. The second-order valence-corrected chi connectivity index (χ2v) is 3.52. The number of aliphatic hydroxyl groups is 1. The topological polar surface area (TPSA) is 58.0 Å². The van der Waals surface area contributed by atoms with Gasteiger partial charge in [0.05, 0.1) is 11.3 Å². The van der Waals surface area contributed by atoms with E-state index in [2.05, 4.69) is 15.3 Å². The Kier molecular flexibility index (Phi) is 2.24. The van der Waals surface area contributed by atoms with Crippen LogP contribution in [-0.2, 0) is 6.42 Å². The monoisotopic (exact) mass is 179 g/mol. The molecule has 0 spiro atoms. The molecule has 70 valence electrons. The number of hydrogen-bond donors (Lipinski definition) is 2. The molecule has 4 heteroatoms. The van der Waals surface area contributed by atoms with Gasteiger partial charge in [0.1, 0.15) is 0 Å². The van der Waals surface area contributed by atoms with Crippen LogP contribution in [0.15, 0.2) is 18.6 Å². The summed E-state index contributed by atoms with van der Waals surface area (Å²) in [5, 5.41) is 13.1. The van der Waals surface area contributed by atoms with E-state index in [0.717, 1.165) is 18.7 Å². The van der Waals surface area contributed by atoms with Crippen LogP contribution in [0.4, 0.5) is 0 Å². The molecule has 4 nitrogen and oxygen atoms in total. The SMILES string of the molecule is OC1(Cc2cnccn2)CCNC1. The molecule has 1 atom stereocenters. The summed E-state index contributed by atoms with van der Waals surface area (Å²) in [5.74, 6) is 0. The zero-order chi connectivity index (χ0) is 9.15. The first kappa shape index (κ1) is 8.59. The van der Waals surface area contributed by atoms with Crippen LogP contribution in [0.25, 0.3) is 0 Å². The highest BCUT2D eigenvalue weighted by atomic mass is 16.3. The fraction of sp³-hybridized carbons (Fsp3) is 0.556. The van der Waals surface area contributed by atoms with Crippen molar-refractivity contribution < 1.29 is 5.11 Å². The smallest absolute Gasteiger partial charge is 0.0839 e. The van der Waals surface area contributed by atoms with Gasteiger partial charge in [-0.1, -0.05) is 0 Å². The molecule has 2 rings (SSSR count). The molecule has 0 bridgehead atoms. The number of nitrogens with zero attached hydrogens (tertiary/aromatic N) is 2. The van der Waals surface area contributed by atoms with Crippen molar-refractivity contribution in [2.75, 3.05) is 13.1 Å². The van der Waals surface area contributed by atoms with Crippen molar-refractivity contribution >= 4 is 0 Å². The summed E-state index contributed by atoms with van der Waals surface area (Å²) in [6.07, 6.45) is 6.38. The van der Waals surface area contributed by atoms with Gasteiger partial charge < -0.3 is 10.4 Å². The minimum atomic E-state index is -0.615. The lowest BCUT2D eigenvalue weighted by Gasteiger charge is -2.19. The Hall–Kier alpha value is -1.00. The molecule has 1 aromatic rings. The molecular formula is C9H13N3O. The minimum absolute atomic E-state index is 0.591. The van der Waals surface area contributed by atoms with Crippen molar-refractivity contribution in [1.82, 2.24) is 15.3 Å². The molecule has 0 aliphatic carbocycles. The van der Waals surface area contributed by atoms with Gasteiger partial charge in [-0.2, -0.15) is 0 Å². The van der Waals surface area contributed by atoms with Crippen molar-refractivity contribution in [3.05, 3.63) is 24.3 Å². The standard InChI is InChI=1S/C9H13N3O/c13-9(1-2-11-7-9)5-8-6-10-3-4-12-8/h3-4,6,11,13H,1-2,5,7H2. The Morgan fingerprint density at radius 3 is 3.08 bits per heavy atom. The Morgan fingerprint density at radius 2 is 2.46 bits per heavy atom. The first-order valence-electron chi connectivity index (χ1n) is 4.47. The van der Waals surface area contributed by atoms with Crippen LogP contribution in [0.1, 0.15) is 12.1 Å². The van der Waals surface area contributed by atoms with Crippen molar-refractivity contribution in [3.8, 4) is 0 Å². The highest BCUT2D eigenvalue weighted by molar-refractivity contribution is 5.03. The van der Waals surface area contributed by atoms with Gasteiger partial charge in [-0.15, -0.1) is 0 Å². The summed E-state index contributed by atoms with van der Waals surface area (Å²) in [5.41, 5.74) is 0.240. The maximum atomic E-state index is 10.0. The molecule has 1 aliphatic heterocycles. The molecule has 0 aromatic carbocycles. The third-order valence-electron chi connectivity index (χ3n) is 2.35. The predicted molar refractivity (Wildman–Crippen MR) is 48.2 cm³/mol. The third kappa shape index (κ3) is 2.02. The van der Waals surface area contributed by atoms with Crippen LogP contribution in [0.3, 0.4) is 0 Å². The first-order valence-corrected chi connectivity index (χ1v) is 4.47. The number of nitrogens with one attached hydrogen (secondary N) is 1. The molecule has 13 heavy (non-hydrogen) atoms. The lowest BCUT2D eigenvalue weighted by Crippen LogP contribution is -2.34. The van der Waals surface area contributed by atoms with Gasteiger partial charge in [-0.25, -0.2) is 0 Å². The van der Waals surface area contributed by atoms with Crippen LogP contribution < -0.4 is 5.32 Å². The molecule has 1 saturated heterocycles. The average molecular weight is 179 g/mol. The van der Waals surface area contributed by atoms with E-state index in [4.69, 9.17) is 0 Å². The maximum Gasteiger partial charge on any atom is 0.0839 e. The summed E-state index contributed by atoms with van der Waals surface area (Å²) in [6.45, 7) is 1.54. The van der Waals surface area contributed by atoms with Crippen LogP contribution in [0, 0.1) is 0 Å². The number of β-amino-alcohol motifs (C(OH)–C–C–N with tert-alkyl or cyclic N) is 1. The molecule has 1 unspecified atom stereocenters. The van der Waals surface area contributed by atoms with Gasteiger partial charge in [-0.3, -0.25) is 9.97 Å². The van der Waals surface area contributed by atoms with E-state index in [9.17, 15) is 5.11 Å². The van der Waals surface area contributed by atoms with Crippen molar-refractivity contribution in [2.24, 2.45) is 0 Å². The number of rotatable bonds is 2. The Balaban J connectivity index is 2.05. The Labute approximate surface area is 77.0 Å². The molecule has 1 aromatic heterocycles. The van der Waals surface area contributed by atoms with Gasteiger partial charge in [0.2, 0.25) is 0 Å². The van der Waals surface area contributed by atoms with E-state index in [1.54, 1.807) is 18.6 Å². The summed E-state index contributed by atoms with van der Waals surface area (Å²) >= 11 is 0. The maximum absolute atomic E-state index is 10.0. The van der Waals surface area contributed by atoms with Crippen LogP contribution in [0.2, 0.25) is 0 Å². The van der Waals surface area contributed by atoms with E-state index in [0.29, 0.717) is 13.0 Å².